The molecule has 23 heavy (non-hydrogen) atoms. The van der Waals surface area contributed by atoms with Crippen molar-refractivity contribution in [1.29, 1.82) is 0 Å². The van der Waals surface area contributed by atoms with Gasteiger partial charge in [-0.1, -0.05) is 6.07 Å². The van der Waals surface area contributed by atoms with Crippen molar-refractivity contribution in [3.8, 4) is 9.88 Å². The van der Waals surface area contributed by atoms with Crippen LogP contribution in [0.2, 0.25) is 0 Å². The summed E-state index contributed by atoms with van der Waals surface area (Å²) >= 11 is 3.03. The minimum Gasteiger partial charge on any atom is -0.350 e. The number of rotatable bonds is 5. The highest BCUT2D eigenvalue weighted by atomic mass is 32.1. The van der Waals surface area contributed by atoms with Gasteiger partial charge < -0.3 is 10.2 Å². The molecule has 0 fully saturated rings. The average Bonchev–Trinajstić information content (AvgIpc) is 3.11. The van der Waals surface area contributed by atoms with Gasteiger partial charge in [0.2, 0.25) is 5.91 Å². The topological polar surface area (TPSA) is 62.3 Å². The molecule has 5 nitrogen and oxygen atoms in total. The first-order chi connectivity index (χ1) is 10.8. The Morgan fingerprint density at radius 2 is 2.04 bits per heavy atom. The third-order valence-electron chi connectivity index (χ3n) is 2.97. The van der Waals surface area contributed by atoms with E-state index < -0.39 is 0 Å². The number of thiophene rings is 1. The first-order valence-electron chi connectivity index (χ1n) is 7.40. The lowest BCUT2D eigenvalue weighted by molar-refractivity contribution is -0.123. The molecule has 0 bridgehead atoms. The van der Waals surface area contributed by atoms with Crippen LogP contribution >= 0.6 is 22.7 Å². The largest absolute Gasteiger partial charge is 0.350 e. The first kappa shape index (κ1) is 17.6. The Morgan fingerprint density at radius 1 is 1.30 bits per heavy atom. The minimum atomic E-state index is -0.313. The van der Waals surface area contributed by atoms with Crippen LogP contribution in [-0.4, -0.2) is 40.3 Å². The van der Waals surface area contributed by atoms with Gasteiger partial charge in [0.1, 0.15) is 10.7 Å². The van der Waals surface area contributed by atoms with Gasteiger partial charge in [0, 0.05) is 17.5 Å². The van der Waals surface area contributed by atoms with E-state index in [1.807, 2.05) is 45.2 Å². The molecule has 2 rings (SSSR count). The van der Waals surface area contributed by atoms with Crippen molar-refractivity contribution >= 4 is 34.5 Å². The highest BCUT2D eigenvalue weighted by Gasteiger charge is 2.22. The monoisotopic (exact) mass is 351 g/mol. The zero-order valence-electron chi connectivity index (χ0n) is 13.8. The van der Waals surface area contributed by atoms with Gasteiger partial charge in [-0.15, -0.1) is 22.7 Å². The van der Waals surface area contributed by atoms with E-state index in [4.69, 9.17) is 0 Å². The van der Waals surface area contributed by atoms with E-state index in [9.17, 15) is 9.59 Å². The van der Waals surface area contributed by atoms with Gasteiger partial charge in [0.25, 0.3) is 5.91 Å². The second-order valence-electron chi connectivity index (χ2n) is 6.13. The summed E-state index contributed by atoms with van der Waals surface area (Å²) in [4.78, 5) is 31.5. The number of likely N-dealkylation sites (N-methyl/N-ethyl adjacent to an activating group) is 1. The fourth-order valence-corrected chi connectivity index (χ4v) is 3.61. The third-order valence-corrected chi connectivity index (χ3v) is 4.85. The molecule has 2 aromatic rings. The third kappa shape index (κ3) is 4.87. The molecule has 2 amide bonds. The van der Waals surface area contributed by atoms with Crippen LogP contribution in [0.25, 0.3) is 9.88 Å². The molecule has 0 aliphatic heterocycles. The quantitative estimate of drug-likeness (QED) is 0.899. The van der Waals surface area contributed by atoms with Gasteiger partial charge in [-0.3, -0.25) is 9.59 Å². The van der Waals surface area contributed by atoms with Gasteiger partial charge in [-0.2, -0.15) is 0 Å². The summed E-state index contributed by atoms with van der Waals surface area (Å²) < 4.78 is 0. The van der Waals surface area contributed by atoms with Crippen LogP contribution in [-0.2, 0) is 4.79 Å². The second kappa shape index (κ2) is 7.23. The molecule has 2 aromatic heterocycles. The van der Waals surface area contributed by atoms with Crippen molar-refractivity contribution in [3.05, 3.63) is 28.6 Å². The Hall–Kier alpha value is -1.73. The molecule has 0 saturated heterocycles. The number of carbonyl (C=O) groups is 2. The Morgan fingerprint density at radius 3 is 2.61 bits per heavy atom. The number of thiazole rings is 1. The number of nitrogens with one attached hydrogen (secondary N) is 1. The molecular weight excluding hydrogens is 330 g/mol. The van der Waals surface area contributed by atoms with Gasteiger partial charge in [0.15, 0.2) is 0 Å². The number of hydrogen-bond donors (Lipinski definition) is 1. The zero-order valence-corrected chi connectivity index (χ0v) is 15.4. The molecule has 124 valence electrons. The van der Waals surface area contributed by atoms with E-state index >= 15 is 0 Å². The lowest BCUT2D eigenvalue weighted by Crippen LogP contribution is -2.47. The van der Waals surface area contributed by atoms with Crippen LogP contribution in [0.4, 0.5) is 0 Å². The van der Waals surface area contributed by atoms with E-state index in [1.165, 1.54) is 16.2 Å². The van der Waals surface area contributed by atoms with Crippen molar-refractivity contribution in [2.75, 3.05) is 13.1 Å². The van der Waals surface area contributed by atoms with Crippen LogP contribution in [0, 0.1) is 0 Å². The Kier molecular flexibility index (Phi) is 5.54. The summed E-state index contributed by atoms with van der Waals surface area (Å²) in [7, 11) is 0. The maximum absolute atomic E-state index is 12.6. The molecule has 2 heterocycles. The first-order valence-corrected chi connectivity index (χ1v) is 9.16. The van der Waals surface area contributed by atoms with E-state index in [2.05, 4.69) is 10.3 Å². The van der Waals surface area contributed by atoms with Gasteiger partial charge in [-0.05, 0) is 39.1 Å². The average molecular weight is 351 g/mol. The maximum Gasteiger partial charge on any atom is 0.273 e. The van der Waals surface area contributed by atoms with Crippen LogP contribution < -0.4 is 5.32 Å². The molecule has 1 N–H and O–H groups in total. The number of aromatic nitrogens is 1. The normalized spacial score (nSPS) is 11.3. The SMILES string of the molecule is CCN(CC(=O)NC(C)(C)C)C(=O)c1csc(-c2cccs2)n1. The number of carbonyl (C=O) groups excluding carboxylic acids is 2. The molecular formula is C16H21N3O2S2. The fraction of sp³-hybridized carbons (Fsp3) is 0.438. The Labute approximate surface area is 144 Å². The van der Waals surface area contributed by atoms with Crippen molar-refractivity contribution < 1.29 is 9.59 Å². The molecule has 0 saturated carbocycles. The van der Waals surface area contributed by atoms with E-state index in [0.717, 1.165) is 9.88 Å². The number of amides is 2. The number of nitrogens with zero attached hydrogens (tertiary/aromatic N) is 2. The summed E-state index contributed by atoms with van der Waals surface area (Å²) in [5.41, 5.74) is 0.0794. The van der Waals surface area contributed by atoms with E-state index in [1.54, 1.807) is 16.7 Å². The van der Waals surface area contributed by atoms with Gasteiger partial charge in [0.05, 0.1) is 11.4 Å². The molecule has 0 aliphatic carbocycles. The second-order valence-corrected chi connectivity index (χ2v) is 7.94. The lowest BCUT2D eigenvalue weighted by Gasteiger charge is -2.24. The van der Waals surface area contributed by atoms with E-state index in [-0.39, 0.29) is 23.9 Å². The Balaban J connectivity index is 2.06. The number of hydrogen-bond acceptors (Lipinski definition) is 5. The van der Waals surface area contributed by atoms with Crippen molar-refractivity contribution in [2.45, 2.75) is 33.2 Å². The van der Waals surface area contributed by atoms with Crippen LogP contribution in [0.15, 0.2) is 22.9 Å². The van der Waals surface area contributed by atoms with Crippen LogP contribution in [0.1, 0.15) is 38.2 Å². The lowest BCUT2D eigenvalue weighted by atomic mass is 10.1. The zero-order chi connectivity index (χ0) is 17.0. The molecule has 0 aromatic carbocycles. The van der Waals surface area contributed by atoms with Crippen molar-refractivity contribution in [2.24, 2.45) is 0 Å². The van der Waals surface area contributed by atoms with Crippen molar-refractivity contribution in [3.63, 3.8) is 0 Å². The molecule has 7 heteroatoms. The summed E-state index contributed by atoms with van der Waals surface area (Å²) in [5, 5.41) is 7.43. The summed E-state index contributed by atoms with van der Waals surface area (Å²) in [6.07, 6.45) is 0. The van der Waals surface area contributed by atoms with E-state index in [0.29, 0.717) is 12.2 Å². The minimum absolute atomic E-state index is 0.0401. The summed E-state index contributed by atoms with van der Waals surface area (Å²) in [6, 6.07) is 3.93. The van der Waals surface area contributed by atoms with Crippen LogP contribution in [0.3, 0.4) is 0 Å². The highest BCUT2D eigenvalue weighted by molar-refractivity contribution is 7.20. The molecule has 0 unspecified atom stereocenters. The standard InChI is InChI=1S/C16H21N3O2S2/c1-5-19(9-13(20)18-16(2,3)4)15(21)11-10-23-14(17-11)12-7-6-8-22-12/h6-8,10H,5,9H2,1-4H3,(H,18,20). The van der Waals surface area contributed by atoms with Crippen LogP contribution in [0.5, 0.6) is 0 Å². The molecule has 0 aliphatic rings. The van der Waals surface area contributed by atoms with Gasteiger partial charge >= 0.3 is 0 Å². The van der Waals surface area contributed by atoms with Crippen molar-refractivity contribution in [1.82, 2.24) is 15.2 Å². The summed E-state index contributed by atoms with van der Waals surface area (Å²) in [6.45, 7) is 8.10. The predicted octanol–water partition coefficient (Wildman–Crippen LogP) is 3.25. The Bertz CT molecular complexity index is 672. The van der Waals surface area contributed by atoms with Gasteiger partial charge in [-0.25, -0.2) is 4.98 Å². The molecule has 0 spiro atoms. The molecule has 0 atom stereocenters. The maximum atomic E-state index is 12.6. The molecule has 0 radical (unpaired) electrons. The highest BCUT2D eigenvalue weighted by Crippen LogP contribution is 2.28. The fourth-order valence-electron chi connectivity index (χ4n) is 2.01. The summed E-state index contributed by atoms with van der Waals surface area (Å²) in [5.74, 6) is -0.378. The smallest absolute Gasteiger partial charge is 0.273 e. The predicted molar refractivity (Wildman–Crippen MR) is 94.9 cm³/mol.